The van der Waals surface area contributed by atoms with E-state index in [0.717, 1.165) is 17.4 Å². The minimum absolute atomic E-state index is 0.0267. The van der Waals surface area contributed by atoms with Gasteiger partial charge in [0, 0.05) is 0 Å². The fraction of sp³-hybridized carbons (Fsp3) is 0.125. The van der Waals surface area contributed by atoms with Gasteiger partial charge in [0.2, 0.25) is 0 Å². The van der Waals surface area contributed by atoms with Gasteiger partial charge in [0.05, 0.1) is 0 Å². The molecule has 0 aromatic heterocycles. The molecule has 2 aromatic carbocycles. The second-order valence-corrected chi connectivity index (χ2v) is 14.9. The van der Waals surface area contributed by atoms with Crippen LogP contribution in [0, 0.1) is 11.6 Å². The zero-order valence-electron chi connectivity index (χ0n) is 17.4. The Hall–Kier alpha value is -2.61. The van der Waals surface area contributed by atoms with Crippen molar-refractivity contribution < 1.29 is 39.4 Å². The number of allylic oxidation sites excluding steroid dienone is 2. The van der Waals surface area contributed by atoms with Gasteiger partial charge in [0.15, 0.2) is 0 Å². The summed E-state index contributed by atoms with van der Waals surface area (Å²) in [6, 6.07) is 10.9. The summed E-state index contributed by atoms with van der Waals surface area (Å²) in [5, 5.41) is 9.10. The number of aliphatic imine (C=N–C) groups is 3. The molecule has 0 aliphatic carbocycles. The number of carboxylic acids is 1. The van der Waals surface area contributed by atoms with Crippen LogP contribution in [0.1, 0.15) is 34.3 Å². The summed E-state index contributed by atoms with van der Waals surface area (Å²) in [4.78, 5) is 24.5. The third kappa shape index (κ3) is 4.92. The van der Waals surface area contributed by atoms with Crippen molar-refractivity contribution in [2.24, 2.45) is 15.0 Å². The van der Waals surface area contributed by atoms with Crippen LogP contribution in [-0.2, 0) is 3.07 Å². The number of hydrogen-bond acceptors (Lipinski definition) is 5. The van der Waals surface area contributed by atoms with E-state index in [1.807, 2.05) is 18.2 Å². The molecule has 0 spiro atoms. The molecule has 6 nitrogen and oxygen atoms in total. The molecular formula is C24H16F2I2N3O3-. The van der Waals surface area contributed by atoms with E-state index in [1.165, 1.54) is 15.6 Å². The van der Waals surface area contributed by atoms with E-state index in [-0.39, 0.29) is 57.4 Å². The predicted molar refractivity (Wildman–Crippen MR) is 131 cm³/mol. The molecule has 0 saturated carbocycles. The summed E-state index contributed by atoms with van der Waals surface area (Å²) in [5.41, 5.74) is 2.48. The molecule has 3 aliphatic heterocycles. The summed E-state index contributed by atoms with van der Waals surface area (Å²) in [6.45, 7) is 0. The zero-order valence-corrected chi connectivity index (χ0v) is 21.7. The van der Waals surface area contributed by atoms with Gasteiger partial charge in [-0.05, 0) is 6.07 Å². The van der Waals surface area contributed by atoms with Crippen LogP contribution >= 0.6 is 16.8 Å². The molecule has 174 valence electrons. The average Bonchev–Trinajstić information content (AvgIpc) is 3.16. The van der Waals surface area contributed by atoms with Crippen molar-refractivity contribution in [3.8, 4) is 0 Å². The Bertz CT molecular complexity index is 1360. The number of carbonyl (C=O) groups is 1. The number of rotatable bonds is 5. The van der Waals surface area contributed by atoms with E-state index in [9.17, 15) is 13.6 Å². The van der Waals surface area contributed by atoms with Crippen molar-refractivity contribution in [2.45, 2.75) is 18.9 Å². The molecule has 34 heavy (non-hydrogen) atoms. The molecular weight excluding hydrogens is 670 g/mol. The second kappa shape index (κ2) is 9.94. The van der Waals surface area contributed by atoms with Gasteiger partial charge in [-0.3, -0.25) is 0 Å². The van der Waals surface area contributed by atoms with Crippen LogP contribution in [0.15, 0.2) is 81.1 Å². The molecule has 10 heteroatoms. The third-order valence-corrected chi connectivity index (χ3v) is 12.7. The van der Waals surface area contributed by atoms with Crippen molar-refractivity contribution >= 4 is 44.0 Å². The molecule has 0 amide bonds. The SMILES string of the molecule is O=C(O)c1ccc(C2=I[I-]OC(C[C@H]3CC=C4N=C(c5cccc(F)c5F)N=C4C=N3)=C2)cc1. The first-order valence-electron chi connectivity index (χ1n) is 10.2. The first-order valence-corrected chi connectivity index (χ1v) is 18.5. The van der Waals surface area contributed by atoms with Gasteiger partial charge in [-0.15, -0.1) is 0 Å². The normalized spacial score (nSPS) is 19.6. The minimum atomic E-state index is -0.963. The number of aromatic carboxylic acids is 1. The van der Waals surface area contributed by atoms with Gasteiger partial charge >= 0.3 is 201 Å². The van der Waals surface area contributed by atoms with Gasteiger partial charge < -0.3 is 0 Å². The molecule has 0 radical (unpaired) electrons. The fourth-order valence-corrected chi connectivity index (χ4v) is 10.9. The number of hydrogen-bond donors (Lipinski definition) is 1. The van der Waals surface area contributed by atoms with Crippen LogP contribution in [0.5, 0.6) is 0 Å². The monoisotopic (exact) mass is 686 g/mol. The van der Waals surface area contributed by atoms with Crippen LogP contribution < -0.4 is 17.6 Å². The molecule has 0 bridgehead atoms. The standard InChI is InChI=1S/C24H16F2I2N3O3/c25-18-3-1-2-17(22(18)26)23-30-20-9-8-15(29-12-21(20)31-23)10-16-11-19(27-28-34-16)13-4-6-14(7-5-13)24(32)33/h1-7,9,11-12,15H,8,10H2,(H,32,33)/q-1/t15-/m1/s1. The van der Waals surface area contributed by atoms with E-state index < -0.39 is 17.6 Å². The molecule has 1 atom stereocenters. The van der Waals surface area contributed by atoms with Crippen LogP contribution in [0.25, 0.3) is 0 Å². The molecule has 2 aromatic rings. The number of carboxylic acid groups (broad SMARTS) is 1. The predicted octanol–water partition coefficient (Wildman–Crippen LogP) is 2.01. The van der Waals surface area contributed by atoms with Crippen LogP contribution in [0.2, 0.25) is 0 Å². The number of halogens is 4. The van der Waals surface area contributed by atoms with Crippen LogP contribution in [0.3, 0.4) is 0 Å². The van der Waals surface area contributed by atoms with Crippen LogP contribution in [0.4, 0.5) is 8.78 Å². The topological polar surface area (TPSA) is 83.6 Å². The zero-order chi connectivity index (χ0) is 23.7. The maximum absolute atomic E-state index is 14.1. The first-order chi connectivity index (χ1) is 16.5. The van der Waals surface area contributed by atoms with Gasteiger partial charge in [0.1, 0.15) is 0 Å². The first kappa shape index (κ1) is 23.1. The van der Waals surface area contributed by atoms with Crippen molar-refractivity contribution in [3.63, 3.8) is 0 Å². The number of nitrogens with zero attached hydrogens (tertiary/aromatic N) is 3. The Morgan fingerprint density at radius 2 is 2.00 bits per heavy atom. The van der Waals surface area contributed by atoms with Crippen molar-refractivity contribution in [1.82, 2.24) is 0 Å². The van der Waals surface area contributed by atoms with Gasteiger partial charge in [-0.25, -0.2) is 4.39 Å². The van der Waals surface area contributed by atoms with Crippen molar-refractivity contribution in [2.75, 3.05) is 0 Å². The van der Waals surface area contributed by atoms with E-state index in [1.54, 1.807) is 18.3 Å². The maximum atomic E-state index is 14.1. The summed E-state index contributed by atoms with van der Waals surface area (Å²) in [7, 11) is 0. The second-order valence-electron chi connectivity index (χ2n) is 7.54. The van der Waals surface area contributed by atoms with Gasteiger partial charge in [-0.2, -0.15) is 0 Å². The molecule has 5 rings (SSSR count). The van der Waals surface area contributed by atoms with Gasteiger partial charge in [-0.1, -0.05) is 0 Å². The van der Waals surface area contributed by atoms with E-state index in [0.29, 0.717) is 24.3 Å². The molecule has 1 N–H and O–H groups in total. The van der Waals surface area contributed by atoms with E-state index in [2.05, 4.69) is 21.1 Å². The molecule has 0 unspecified atom stereocenters. The Balaban J connectivity index is 1.29. The number of benzene rings is 2. The Labute approximate surface area is 210 Å². The van der Waals surface area contributed by atoms with E-state index in [4.69, 9.17) is 8.17 Å². The molecule has 0 saturated heterocycles. The van der Waals surface area contributed by atoms with E-state index >= 15 is 0 Å². The average molecular weight is 686 g/mol. The molecule has 3 aliphatic rings. The number of amidine groups is 1. The van der Waals surface area contributed by atoms with Crippen LogP contribution in [-0.4, -0.2) is 38.4 Å². The summed E-state index contributed by atoms with van der Waals surface area (Å²) < 4.78 is 34.9. The Morgan fingerprint density at radius 3 is 2.79 bits per heavy atom. The summed E-state index contributed by atoms with van der Waals surface area (Å²) in [6.07, 6.45) is 6.87. The Morgan fingerprint density at radius 1 is 1.18 bits per heavy atom. The molecule has 3 heterocycles. The number of fused-ring (bicyclic) bond motifs is 1. The molecule has 0 fully saturated rings. The quantitative estimate of drug-likeness (QED) is 0.490. The summed E-state index contributed by atoms with van der Waals surface area (Å²) in [5.74, 6) is -1.81. The van der Waals surface area contributed by atoms with Crippen molar-refractivity contribution in [1.29, 1.82) is 0 Å². The Kier molecular flexibility index (Phi) is 6.77. The van der Waals surface area contributed by atoms with Gasteiger partial charge in [0.25, 0.3) is 0 Å². The third-order valence-electron chi connectivity index (χ3n) is 5.27. The van der Waals surface area contributed by atoms with Crippen molar-refractivity contribution in [3.05, 3.63) is 94.4 Å². The fourth-order valence-electron chi connectivity index (χ4n) is 3.52. The summed E-state index contributed by atoms with van der Waals surface area (Å²) >= 11 is -0.605.